The molecule has 0 atom stereocenters. The van der Waals surface area contributed by atoms with Crippen LogP contribution in [0.15, 0.2) is 126 Å². The minimum Gasteiger partial charge on any atom is -0.466 e. The van der Waals surface area contributed by atoms with Crippen LogP contribution in [-0.4, -0.2) is 18.4 Å². The van der Waals surface area contributed by atoms with Crippen molar-refractivity contribution in [2.75, 3.05) is 6.61 Å². The molecular formula is C33H28NO3S2+. The highest BCUT2D eigenvalue weighted by Gasteiger charge is 2.33. The van der Waals surface area contributed by atoms with Gasteiger partial charge in [-0.1, -0.05) is 109 Å². The highest BCUT2D eigenvalue weighted by molar-refractivity contribution is 8.01. The summed E-state index contributed by atoms with van der Waals surface area (Å²) in [6, 6.07) is 35.8. The van der Waals surface area contributed by atoms with Crippen LogP contribution in [0, 0.1) is 0 Å². The molecule has 3 aromatic carbocycles. The molecule has 39 heavy (non-hydrogen) atoms. The molecule has 5 aromatic rings. The minimum atomic E-state index is -0.352. The molecule has 0 bridgehead atoms. The predicted molar refractivity (Wildman–Crippen MR) is 157 cm³/mol. The standard InChI is InChI=1S/C33H28NO3S2/c1-2-37-28(35)23-27-29(34-21-13-6-14-22-34)33(39-32(27)30(36)24-15-7-3-8-16-24)38-31(25-17-9-4-10-18-25)26-19-11-5-12-20-26/h3-22,31H,2,23H2,1H3/q+1. The number of hydrogen-bond donors (Lipinski definition) is 0. The van der Waals surface area contributed by atoms with E-state index in [2.05, 4.69) is 24.3 Å². The first-order chi connectivity index (χ1) is 19.2. The van der Waals surface area contributed by atoms with Crippen LogP contribution < -0.4 is 4.57 Å². The van der Waals surface area contributed by atoms with Crippen LogP contribution in [0.25, 0.3) is 5.69 Å². The Labute approximate surface area is 236 Å². The Morgan fingerprint density at radius 2 is 1.33 bits per heavy atom. The zero-order chi connectivity index (χ0) is 27.0. The number of carbonyl (C=O) groups is 2. The third-order valence-corrected chi connectivity index (χ3v) is 8.96. The number of thiophene rings is 1. The molecule has 0 unspecified atom stereocenters. The molecule has 2 aromatic heterocycles. The summed E-state index contributed by atoms with van der Waals surface area (Å²) in [5, 5.41) is -0.00997. The zero-order valence-electron chi connectivity index (χ0n) is 21.5. The Balaban J connectivity index is 1.70. The number of aromatic nitrogens is 1. The SMILES string of the molecule is CCOC(=O)Cc1c(C(=O)c2ccccc2)sc(SC(c2ccccc2)c2ccccc2)c1-[n+]1ccccc1. The molecule has 194 valence electrons. The molecule has 0 aliphatic carbocycles. The number of pyridine rings is 1. The van der Waals surface area contributed by atoms with Crippen molar-refractivity contribution < 1.29 is 18.9 Å². The van der Waals surface area contributed by atoms with Gasteiger partial charge in [0.2, 0.25) is 11.5 Å². The zero-order valence-corrected chi connectivity index (χ0v) is 23.2. The summed E-state index contributed by atoms with van der Waals surface area (Å²) < 4.78 is 8.31. The lowest BCUT2D eigenvalue weighted by Crippen LogP contribution is -2.31. The number of nitrogens with zero attached hydrogens (tertiary/aromatic N) is 1. The molecule has 0 aliphatic rings. The van der Waals surface area contributed by atoms with Crippen molar-refractivity contribution in [3.05, 3.63) is 149 Å². The number of thioether (sulfide) groups is 1. The fourth-order valence-corrected chi connectivity index (χ4v) is 7.32. The van der Waals surface area contributed by atoms with Crippen LogP contribution in [-0.2, 0) is 16.0 Å². The van der Waals surface area contributed by atoms with E-state index in [4.69, 9.17) is 4.74 Å². The molecule has 5 rings (SSSR count). The summed E-state index contributed by atoms with van der Waals surface area (Å²) in [6.45, 7) is 2.07. The number of ketones is 1. The summed E-state index contributed by atoms with van der Waals surface area (Å²) in [4.78, 5) is 27.3. The van der Waals surface area contributed by atoms with Gasteiger partial charge in [-0.2, -0.15) is 4.57 Å². The van der Waals surface area contributed by atoms with Gasteiger partial charge in [-0.25, -0.2) is 0 Å². The second-order valence-electron chi connectivity index (χ2n) is 8.82. The maximum absolute atomic E-state index is 13.9. The predicted octanol–water partition coefficient (Wildman–Crippen LogP) is 7.24. The average Bonchev–Trinajstić information content (AvgIpc) is 3.34. The summed E-state index contributed by atoms with van der Waals surface area (Å²) in [6.07, 6.45) is 3.92. The molecular weight excluding hydrogens is 523 g/mol. The quantitative estimate of drug-likeness (QED) is 0.0796. The van der Waals surface area contributed by atoms with Gasteiger partial charge >= 0.3 is 5.97 Å². The van der Waals surface area contributed by atoms with Crippen molar-refractivity contribution in [2.24, 2.45) is 0 Å². The van der Waals surface area contributed by atoms with Gasteiger partial charge in [0, 0.05) is 17.7 Å². The van der Waals surface area contributed by atoms with E-state index < -0.39 is 0 Å². The first kappa shape index (κ1) is 26.6. The van der Waals surface area contributed by atoms with Crippen LogP contribution >= 0.6 is 23.1 Å². The number of hydrogen-bond acceptors (Lipinski definition) is 5. The molecule has 0 N–H and O–H groups in total. The van der Waals surface area contributed by atoms with Crippen LogP contribution in [0.3, 0.4) is 0 Å². The summed E-state index contributed by atoms with van der Waals surface area (Å²) in [7, 11) is 0. The Morgan fingerprint density at radius 1 is 0.795 bits per heavy atom. The normalized spacial score (nSPS) is 10.9. The van der Waals surface area contributed by atoms with E-state index in [-0.39, 0.29) is 30.0 Å². The smallest absolute Gasteiger partial charge is 0.310 e. The third-order valence-electron chi connectivity index (χ3n) is 6.22. The lowest BCUT2D eigenvalue weighted by Gasteiger charge is -2.17. The Bertz CT molecular complexity index is 1500. The van der Waals surface area contributed by atoms with Crippen LogP contribution in [0.1, 0.15) is 44.1 Å². The number of benzene rings is 3. The summed E-state index contributed by atoms with van der Waals surface area (Å²) in [5.41, 5.74) is 4.44. The topological polar surface area (TPSA) is 47.3 Å². The van der Waals surface area contributed by atoms with Gasteiger partial charge in [-0.15, -0.1) is 11.3 Å². The summed E-state index contributed by atoms with van der Waals surface area (Å²) in [5.74, 6) is -0.449. The van der Waals surface area contributed by atoms with Gasteiger partial charge < -0.3 is 4.74 Å². The molecule has 0 fully saturated rings. The number of rotatable bonds is 10. The Hall–Kier alpha value is -4.00. The lowest BCUT2D eigenvalue weighted by molar-refractivity contribution is -0.598. The van der Waals surface area contributed by atoms with Gasteiger partial charge in [0.05, 0.1) is 28.7 Å². The first-order valence-corrected chi connectivity index (χ1v) is 14.5. The van der Waals surface area contributed by atoms with Crippen molar-refractivity contribution in [1.82, 2.24) is 0 Å². The number of carbonyl (C=O) groups excluding carboxylic acids is 2. The first-order valence-electron chi connectivity index (χ1n) is 12.8. The van der Waals surface area contributed by atoms with Gasteiger partial charge in [-0.05, 0) is 18.1 Å². The maximum atomic E-state index is 13.9. The van der Waals surface area contributed by atoms with E-state index >= 15 is 0 Å². The third kappa shape index (κ3) is 6.19. The number of ether oxygens (including phenoxy) is 1. The van der Waals surface area contributed by atoms with E-state index in [1.54, 1.807) is 18.7 Å². The monoisotopic (exact) mass is 550 g/mol. The number of esters is 1. The molecule has 4 nitrogen and oxygen atoms in total. The van der Waals surface area contributed by atoms with Crippen LogP contribution in [0.2, 0.25) is 0 Å². The van der Waals surface area contributed by atoms with Crippen molar-refractivity contribution in [2.45, 2.75) is 22.8 Å². The van der Waals surface area contributed by atoms with Crippen LogP contribution in [0.5, 0.6) is 0 Å². The van der Waals surface area contributed by atoms with Gasteiger partial charge in [0.25, 0.3) is 0 Å². The van der Waals surface area contributed by atoms with E-state index in [1.165, 1.54) is 11.3 Å². The molecule has 0 spiro atoms. The maximum Gasteiger partial charge on any atom is 0.310 e. The molecule has 0 aliphatic heterocycles. The fraction of sp³-hybridized carbons (Fsp3) is 0.121. The fourth-order valence-electron chi connectivity index (χ4n) is 4.44. The highest BCUT2D eigenvalue weighted by atomic mass is 32.2. The average molecular weight is 551 g/mol. The molecule has 0 saturated carbocycles. The Kier molecular flexibility index (Phi) is 8.66. The van der Waals surface area contributed by atoms with Gasteiger partial charge in [0.1, 0.15) is 4.21 Å². The molecule has 6 heteroatoms. The van der Waals surface area contributed by atoms with Gasteiger partial charge in [-0.3, -0.25) is 9.59 Å². The lowest BCUT2D eigenvalue weighted by atomic mass is 10.0. The highest BCUT2D eigenvalue weighted by Crippen LogP contribution is 2.47. The van der Waals surface area contributed by atoms with Crippen LogP contribution in [0.4, 0.5) is 0 Å². The van der Waals surface area contributed by atoms with Crippen molar-refractivity contribution >= 4 is 34.9 Å². The van der Waals surface area contributed by atoms with Crippen molar-refractivity contribution in [3.8, 4) is 5.69 Å². The van der Waals surface area contributed by atoms with Crippen molar-refractivity contribution in [3.63, 3.8) is 0 Å². The minimum absolute atomic E-state index is 0.00997. The second kappa shape index (κ2) is 12.7. The summed E-state index contributed by atoms with van der Waals surface area (Å²) >= 11 is 3.14. The van der Waals surface area contributed by atoms with E-state index in [0.29, 0.717) is 16.0 Å². The van der Waals surface area contributed by atoms with E-state index in [9.17, 15) is 9.59 Å². The molecule has 2 heterocycles. The molecule has 0 amide bonds. The van der Waals surface area contributed by atoms with E-state index in [0.717, 1.165) is 21.0 Å². The van der Waals surface area contributed by atoms with Gasteiger partial charge in [0.15, 0.2) is 12.4 Å². The van der Waals surface area contributed by atoms with E-state index in [1.807, 2.05) is 102 Å². The largest absolute Gasteiger partial charge is 0.466 e. The Morgan fingerprint density at radius 3 is 1.90 bits per heavy atom. The molecule has 0 radical (unpaired) electrons. The molecule has 0 saturated heterocycles. The van der Waals surface area contributed by atoms with Crippen molar-refractivity contribution in [1.29, 1.82) is 0 Å². The second-order valence-corrected chi connectivity index (χ2v) is 11.2.